The summed E-state index contributed by atoms with van der Waals surface area (Å²) in [7, 11) is 5.59. The van der Waals surface area contributed by atoms with Gasteiger partial charge in [0.25, 0.3) is 0 Å². The maximum absolute atomic E-state index is 11.6. The Bertz CT molecular complexity index is 824. The van der Waals surface area contributed by atoms with Crippen molar-refractivity contribution in [3.05, 3.63) is 35.4 Å². The minimum absolute atomic E-state index is 0.109. The molecule has 0 unspecified atom stereocenters. The number of hydrogen-bond donors (Lipinski definition) is 4. The first-order valence-electron chi connectivity index (χ1n) is 7.86. The van der Waals surface area contributed by atoms with Gasteiger partial charge in [0, 0.05) is 24.3 Å². The molecule has 10 nitrogen and oxygen atoms in total. The van der Waals surface area contributed by atoms with Crippen LogP contribution in [0.2, 0.25) is 0 Å². The molecule has 0 saturated heterocycles. The van der Waals surface area contributed by atoms with Gasteiger partial charge >= 0.3 is 11.9 Å². The molecule has 0 radical (unpaired) electrons. The zero-order valence-electron chi connectivity index (χ0n) is 15.7. The second-order valence-corrected chi connectivity index (χ2v) is 5.37. The number of carboxylic acids is 2. The summed E-state index contributed by atoms with van der Waals surface area (Å²) in [6.45, 7) is 0. The van der Waals surface area contributed by atoms with Crippen molar-refractivity contribution in [2.45, 2.75) is 0 Å². The van der Waals surface area contributed by atoms with Gasteiger partial charge < -0.3 is 29.2 Å². The Morgan fingerprint density at radius 3 is 1.18 bits per heavy atom. The van der Waals surface area contributed by atoms with E-state index in [-0.39, 0.29) is 34.0 Å². The zero-order chi connectivity index (χ0) is 20.8. The van der Waals surface area contributed by atoms with Gasteiger partial charge in [-0.2, -0.15) is 0 Å². The molecule has 10 heteroatoms. The van der Waals surface area contributed by atoms with Crippen LogP contribution in [0.3, 0.4) is 0 Å². The summed E-state index contributed by atoms with van der Waals surface area (Å²) in [6, 6.07) is 5.41. The van der Waals surface area contributed by atoms with Crippen molar-refractivity contribution in [2.24, 2.45) is 0 Å². The van der Waals surface area contributed by atoms with E-state index in [1.165, 1.54) is 52.7 Å². The molecule has 0 heterocycles. The molecule has 2 aromatic carbocycles. The number of hydrogen-bond acceptors (Lipinski definition) is 8. The summed E-state index contributed by atoms with van der Waals surface area (Å²) in [4.78, 5) is 23.1. The fourth-order valence-electron chi connectivity index (χ4n) is 2.45. The second-order valence-electron chi connectivity index (χ2n) is 5.37. The molecule has 0 aliphatic rings. The van der Waals surface area contributed by atoms with Crippen molar-refractivity contribution in [1.82, 2.24) is 0 Å². The molecule has 0 saturated carbocycles. The van der Waals surface area contributed by atoms with Crippen LogP contribution in [0.15, 0.2) is 24.3 Å². The smallest absolute Gasteiger partial charge is 0.338 e. The van der Waals surface area contributed by atoms with Crippen molar-refractivity contribution >= 4 is 23.3 Å². The van der Waals surface area contributed by atoms with E-state index in [1.54, 1.807) is 0 Å². The van der Waals surface area contributed by atoms with Gasteiger partial charge in [0.05, 0.1) is 50.9 Å². The van der Waals surface area contributed by atoms with Crippen LogP contribution in [0, 0.1) is 0 Å². The number of carbonyl (C=O) groups is 2. The van der Waals surface area contributed by atoms with Gasteiger partial charge in [-0.15, -0.1) is 0 Å². The van der Waals surface area contributed by atoms with E-state index in [2.05, 4.69) is 10.9 Å². The SMILES string of the molecule is COc1cc(NNc2cc(OC)c(OC)cc2C(=O)O)c(C(=O)O)cc1OC. The highest BCUT2D eigenvalue weighted by atomic mass is 16.5. The topological polar surface area (TPSA) is 136 Å². The third-order valence-corrected chi connectivity index (χ3v) is 3.84. The van der Waals surface area contributed by atoms with Gasteiger partial charge in [0.2, 0.25) is 0 Å². The van der Waals surface area contributed by atoms with Crippen molar-refractivity contribution in [3.63, 3.8) is 0 Å². The first kappa shape index (κ1) is 20.5. The number of carboxylic acid groups (broad SMARTS) is 2. The van der Waals surface area contributed by atoms with Crippen molar-refractivity contribution < 1.29 is 38.7 Å². The third-order valence-electron chi connectivity index (χ3n) is 3.84. The summed E-state index contributed by atoms with van der Waals surface area (Å²) in [6.07, 6.45) is 0. The Hall–Kier alpha value is -3.82. The van der Waals surface area contributed by atoms with Crippen LogP contribution in [-0.2, 0) is 0 Å². The second kappa shape index (κ2) is 8.71. The van der Waals surface area contributed by atoms with E-state index in [1.807, 2.05) is 0 Å². The molecule has 150 valence electrons. The van der Waals surface area contributed by atoms with E-state index >= 15 is 0 Å². The van der Waals surface area contributed by atoms with E-state index in [0.717, 1.165) is 0 Å². The maximum atomic E-state index is 11.6. The zero-order valence-corrected chi connectivity index (χ0v) is 15.7. The fourth-order valence-corrected chi connectivity index (χ4v) is 2.45. The molecule has 4 N–H and O–H groups in total. The summed E-state index contributed by atoms with van der Waals surface area (Å²) in [5, 5.41) is 18.9. The van der Waals surface area contributed by atoms with Crippen LogP contribution >= 0.6 is 0 Å². The summed E-state index contributed by atoms with van der Waals surface area (Å²) in [5.41, 5.74) is 5.44. The highest BCUT2D eigenvalue weighted by Gasteiger charge is 2.19. The molecular weight excluding hydrogens is 372 g/mol. The molecule has 0 spiro atoms. The number of anilines is 2. The van der Waals surface area contributed by atoms with Crippen LogP contribution in [-0.4, -0.2) is 50.6 Å². The number of methoxy groups -OCH3 is 4. The van der Waals surface area contributed by atoms with Crippen LogP contribution in [0.25, 0.3) is 0 Å². The van der Waals surface area contributed by atoms with Crippen molar-refractivity contribution in [2.75, 3.05) is 39.3 Å². The Morgan fingerprint density at radius 2 is 0.929 bits per heavy atom. The first-order chi connectivity index (χ1) is 13.4. The Kier molecular flexibility index (Phi) is 6.38. The van der Waals surface area contributed by atoms with Gasteiger partial charge in [-0.1, -0.05) is 0 Å². The lowest BCUT2D eigenvalue weighted by molar-refractivity contribution is 0.0686. The van der Waals surface area contributed by atoms with Crippen molar-refractivity contribution in [3.8, 4) is 23.0 Å². The molecule has 0 aliphatic heterocycles. The van der Waals surface area contributed by atoms with Gasteiger partial charge in [-0.3, -0.25) is 10.9 Å². The third kappa shape index (κ3) is 4.11. The number of ether oxygens (including phenoxy) is 4. The van der Waals surface area contributed by atoms with Crippen LogP contribution in [0.4, 0.5) is 11.4 Å². The Morgan fingerprint density at radius 1 is 0.643 bits per heavy atom. The fraction of sp³-hybridized carbons (Fsp3) is 0.222. The lowest BCUT2D eigenvalue weighted by Gasteiger charge is -2.18. The number of aromatic carboxylic acids is 2. The lowest BCUT2D eigenvalue weighted by atomic mass is 10.1. The molecule has 0 fully saturated rings. The molecule has 2 rings (SSSR count). The quantitative estimate of drug-likeness (QED) is 0.471. The predicted molar refractivity (Wildman–Crippen MR) is 100 cm³/mol. The summed E-state index contributed by atoms with van der Waals surface area (Å²) < 4.78 is 20.6. The van der Waals surface area contributed by atoms with Crippen LogP contribution < -0.4 is 29.8 Å². The van der Waals surface area contributed by atoms with Crippen LogP contribution in [0.5, 0.6) is 23.0 Å². The van der Waals surface area contributed by atoms with Gasteiger partial charge in [0.1, 0.15) is 0 Å². The van der Waals surface area contributed by atoms with Crippen LogP contribution in [0.1, 0.15) is 20.7 Å². The van der Waals surface area contributed by atoms with E-state index < -0.39 is 11.9 Å². The maximum Gasteiger partial charge on any atom is 0.338 e. The Balaban J connectivity index is 2.45. The largest absolute Gasteiger partial charge is 0.493 e. The Labute approximate surface area is 160 Å². The predicted octanol–water partition coefficient (Wildman–Crippen LogP) is 2.56. The molecule has 0 aromatic heterocycles. The molecule has 28 heavy (non-hydrogen) atoms. The lowest BCUT2D eigenvalue weighted by Crippen LogP contribution is -2.16. The first-order valence-corrected chi connectivity index (χ1v) is 7.86. The van der Waals surface area contributed by atoms with Gasteiger partial charge in [-0.25, -0.2) is 9.59 Å². The monoisotopic (exact) mass is 392 g/mol. The number of rotatable bonds is 9. The molecule has 0 aliphatic carbocycles. The highest BCUT2D eigenvalue weighted by molar-refractivity contribution is 5.97. The van der Waals surface area contributed by atoms with E-state index in [4.69, 9.17) is 18.9 Å². The molecule has 2 aromatic rings. The molecular formula is C18H20N2O8. The number of benzene rings is 2. The molecule has 0 atom stereocenters. The number of nitrogens with one attached hydrogen (secondary N) is 2. The minimum atomic E-state index is -1.21. The van der Waals surface area contributed by atoms with Gasteiger partial charge in [0.15, 0.2) is 23.0 Å². The van der Waals surface area contributed by atoms with E-state index in [9.17, 15) is 19.8 Å². The number of hydrazine groups is 1. The average Bonchev–Trinajstić information content (AvgIpc) is 2.70. The highest BCUT2D eigenvalue weighted by Crippen LogP contribution is 2.35. The minimum Gasteiger partial charge on any atom is -0.493 e. The molecule has 0 amide bonds. The summed E-state index contributed by atoms with van der Waals surface area (Å²) in [5.74, 6) is -1.36. The van der Waals surface area contributed by atoms with Crippen molar-refractivity contribution in [1.29, 1.82) is 0 Å². The van der Waals surface area contributed by atoms with E-state index in [0.29, 0.717) is 11.5 Å². The summed E-state index contributed by atoms with van der Waals surface area (Å²) >= 11 is 0. The standard InChI is InChI=1S/C18H20N2O8/c1-25-13-5-9(17(21)22)11(7-15(13)27-3)19-20-12-8-16(28-4)14(26-2)6-10(12)18(23)24/h5-8,19-20H,1-4H3,(H,21,22)(H,23,24). The van der Waals surface area contributed by atoms with Gasteiger partial charge in [-0.05, 0) is 0 Å². The molecule has 0 bridgehead atoms. The normalized spacial score (nSPS) is 10.0. The average molecular weight is 392 g/mol.